The Kier molecular flexibility index (Phi) is 7.04. The Labute approximate surface area is 193 Å². The topological polar surface area (TPSA) is 90.9 Å². The van der Waals surface area contributed by atoms with E-state index < -0.39 is 10.0 Å². The van der Waals surface area contributed by atoms with Gasteiger partial charge in [0.25, 0.3) is 0 Å². The zero-order chi connectivity index (χ0) is 23.4. The lowest BCUT2D eigenvalue weighted by atomic mass is 9.95. The van der Waals surface area contributed by atoms with E-state index in [1.165, 1.54) is 34.9 Å². The van der Waals surface area contributed by atoms with Gasteiger partial charge in [0.1, 0.15) is 10.7 Å². The van der Waals surface area contributed by atoms with E-state index in [2.05, 4.69) is 4.98 Å². The van der Waals surface area contributed by atoms with Gasteiger partial charge in [0.2, 0.25) is 21.8 Å². The number of hydrogen-bond acceptors (Lipinski definition) is 5. The van der Waals surface area contributed by atoms with Gasteiger partial charge >= 0.3 is 0 Å². The van der Waals surface area contributed by atoms with Gasteiger partial charge in [-0.25, -0.2) is 12.8 Å². The fourth-order valence-electron chi connectivity index (χ4n) is 4.35. The molecule has 8 nitrogen and oxygen atoms in total. The molecule has 0 N–H and O–H groups in total. The molecular formula is C23H27FN4O4S. The highest BCUT2D eigenvalue weighted by atomic mass is 32.2. The van der Waals surface area contributed by atoms with E-state index in [1.807, 2.05) is 0 Å². The molecule has 33 heavy (non-hydrogen) atoms. The number of nitrogens with zero attached hydrogens (tertiary/aromatic N) is 4. The zero-order valence-corrected chi connectivity index (χ0v) is 19.1. The summed E-state index contributed by atoms with van der Waals surface area (Å²) in [5.74, 6) is -0.750. The molecule has 0 spiro atoms. The Morgan fingerprint density at radius 1 is 1.00 bits per heavy atom. The molecule has 3 heterocycles. The molecule has 4 rings (SSSR count). The van der Waals surface area contributed by atoms with Gasteiger partial charge in [-0.15, -0.1) is 0 Å². The van der Waals surface area contributed by atoms with Crippen molar-refractivity contribution in [3.05, 3.63) is 60.2 Å². The van der Waals surface area contributed by atoms with E-state index in [1.54, 1.807) is 28.0 Å². The number of halogens is 1. The minimum absolute atomic E-state index is 0.0345. The van der Waals surface area contributed by atoms with Crippen molar-refractivity contribution in [2.24, 2.45) is 5.92 Å². The van der Waals surface area contributed by atoms with Crippen molar-refractivity contribution in [1.29, 1.82) is 0 Å². The molecule has 2 amide bonds. The highest BCUT2D eigenvalue weighted by molar-refractivity contribution is 7.89. The molecule has 1 atom stereocenters. The molecule has 1 aromatic carbocycles. The van der Waals surface area contributed by atoms with E-state index in [4.69, 9.17) is 0 Å². The van der Waals surface area contributed by atoms with Gasteiger partial charge in [-0.05, 0) is 42.7 Å². The van der Waals surface area contributed by atoms with Gasteiger partial charge < -0.3 is 9.80 Å². The van der Waals surface area contributed by atoms with Crippen molar-refractivity contribution in [3.8, 4) is 0 Å². The van der Waals surface area contributed by atoms with Crippen molar-refractivity contribution in [2.45, 2.75) is 24.2 Å². The summed E-state index contributed by atoms with van der Waals surface area (Å²) < 4.78 is 40.0. The predicted octanol–water partition coefficient (Wildman–Crippen LogP) is 1.53. The van der Waals surface area contributed by atoms with Crippen molar-refractivity contribution in [2.75, 3.05) is 39.3 Å². The molecule has 0 aliphatic carbocycles. The van der Waals surface area contributed by atoms with Crippen molar-refractivity contribution < 1.29 is 22.4 Å². The van der Waals surface area contributed by atoms with E-state index in [0.29, 0.717) is 32.6 Å². The van der Waals surface area contributed by atoms with Crippen LogP contribution in [-0.4, -0.2) is 78.6 Å². The summed E-state index contributed by atoms with van der Waals surface area (Å²) in [6, 6.07) is 8.95. The minimum Gasteiger partial charge on any atom is -0.342 e. The standard InChI is InChI=1S/C23H27FN4O4S/c24-20-7-5-18(6-8-20)15-22(29)27-10-2-3-19(17-27)23(30)26-11-13-28(14-12-26)33(31,32)21-4-1-9-25-16-21/h1,4-9,16,19H,2-3,10-15,17H2. The van der Waals surface area contributed by atoms with Crippen LogP contribution in [0.1, 0.15) is 18.4 Å². The normalized spacial score (nSPS) is 20.0. The van der Waals surface area contributed by atoms with E-state index in [0.717, 1.165) is 12.0 Å². The smallest absolute Gasteiger partial charge is 0.244 e. The summed E-state index contributed by atoms with van der Waals surface area (Å²) in [5.41, 5.74) is 0.737. The van der Waals surface area contributed by atoms with E-state index in [-0.39, 0.29) is 48.0 Å². The summed E-state index contributed by atoms with van der Waals surface area (Å²) in [6.07, 6.45) is 4.46. The van der Waals surface area contributed by atoms with Crippen LogP contribution < -0.4 is 0 Å². The lowest BCUT2D eigenvalue weighted by molar-refractivity contribution is -0.141. The number of hydrogen-bond donors (Lipinski definition) is 0. The summed E-state index contributed by atoms with van der Waals surface area (Å²) in [6.45, 7) is 2.04. The Bertz CT molecular complexity index is 1090. The number of piperazine rings is 1. The monoisotopic (exact) mass is 474 g/mol. The first kappa shape index (κ1) is 23.3. The number of rotatable bonds is 5. The summed E-state index contributed by atoms with van der Waals surface area (Å²) in [5, 5.41) is 0. The second-order valence-electron chi connectivity index (χ2n) is 8.40. The fourth-order valence-corrected chi connectivity index (χ4v) is 5.74. The maximum absolute atomic E-state index is 13.1. The third kappa shape index (κ3) is 5.39. The lowest BCUT2D eigenvalue weighted by Crippen LogP contribution is -2.54. The Morgan fingerprint density at radius 2 is 1.73 bits per heavy atom. The van der Waals surface area contributed by atoms with Crippen LogP contribution in [0.25, 0.3) is 0 Å². The highest BCUT2D eigenvalue weighted by Gasteiger charge is 2.35. The quantitative estimate of drug-likeness (QED) is 0.656. The molecule has 176 valence electrons. The first-order valence-electron chi connectivity index (χ1n) is 11.1. The van der Waals surface area contributed by atoms with Gasteiger partial charge in [0.05, 0.1) is 12.3 Å². The van der Waals surface area contributed by atoms with E-state index in [9.17, 15) is 22.4 Å². The minimum atomic E-state index is -3.63. The maximum Gasteiger partial charge on any atom is 0.244 e. The van der Waals surface area contributed by atoms with E-state index >= 15 is 0 Å². The van der Waals surface area contributed by atoms with Gasteiger partial charge in [-0.2, -0.15) is 4.31 Å². The molecular weight excluding hydrogens is 447 g/mol. The summed E-state index contributed by atoms with van der Waals surface area (Å²) in [7, 11) is -3.63. The predicted molar refractivity (Wildman–Crippen MR) is 119 cm³/mol. The van der Waals surface area contributed by atoms with Gasteiger partial charge in [-0.1, -0.05) is 12.1 Å². The molecule has 1 aromatic heterocycles. The number of carbonyl (C=O) groups is 2. The van der Waals surface area contributed by atoms with Crippen LogP contribution in [0.3, 0.4) is 0 Å². The number of amides is 2. The van der Waals surface area contributed by atoms with Gasteiger partial charge in [0.15, 0.2) is 0 Å². The van der Waals surface area contributed by atoms with Crippen LogP contribution in [0.15, 0.2) is 53.7 Å². The lowest BCUT2D eigenvalue weighted by Gasteiger charge is -2.38. The number of aromatic nitrogens is 1. The van der Waals surface area contributed by atoms with Crippen LogP contribution in [-0.2, 0) is 26.0 Å². The van der Waals surface area contributed by atoms with Crippen LogP contribution in [0.5, 0.6) is 0 Å². The van der Waals surface area contributed by atoms with Crippen LogP contribution >= 0.6 is 0 Å². The van der Waals surface area contributed by atoms with Crippen molar-refractivity contribution >= 4 is 21.8 Å². The van der Waals surface area contributed by atoms with Crippen LogP contribution in [0.4, 0.5) is 4.39 Å². The van der Waals surface area contributed by atoms with Crippen molar-refractivity contribution in [3.63, 3.8) is 0 Å². The molecule has 1 unspecified atom stereocenters. The molecule has 2 aliphatic rings. The molecule has 10 heteroatoms. The van der Waals surface area contributed by atoms with Crippen LogP contribution in [0, 0.1) is 11.7 Å². The van der Waals surface area contributed by atoms with Gasteiger partial charge in [0, 0.05) is 51.7 Å². The average molecular weight is 475 g/mol. The molecule has 2 aliphatic heterocycles. The van der Waals surface area contributed by atoms with Crippen LogP contribution in [0.2, 0.25) is 0 Å². The first-order chi connectivity index (χ1) is 15.8. The third-order valence-electron chi connectivity index (χ3n) is 6.21. The molecule has 0 bridgehead atoms. The number of piperidine rings is 1. The first-order valence-corrected chi connectivity index (χ1v) is 12.5. The molecule has 2 saturated heterocycles. The second kappa shape index (κ2) is 9.96. The fraction of sp³-hybridized carbons (Fsp3) is 0.435. The average Bonchev–Trinajstić information content (AvgIpc) is 2.85. The molecule has 2 fully saturated rings. The SMILES string of the molecule is O=C(Cc1ccc(F)cc1)N1CCCC(C(=O)N2CCN(S(=O)(=O)c3cccnc3)CC2)C1. The molecule has 2 aromatic rings. The highest BCUT2D eigenvalue weighted by Crippen LogP contribution is 2.22. The number of benzene rings is 1. The summed E-state index contributed by atoms with van der Waals surface area (Å²) in [4.78, 5) is 33.3. The Balaban J connectivity index is 1.32. The van der Waals surface area contributed by atoms with Crippen molar-refractivity contribution in [1.82, 2.24) is 19.1 Å². The number of carbonyl (C=O) groups excluding carboxylic acids is 2. The largest absolute Gasteiger partial charge is 0.342 e. The number of sulfonamides is 1. The third-order valence-corrected chi connectivity index (χ3v) is 8.10. The zero-order valence-electron chi connectivity index (χ0n) is 18.3. The maximum atomic E-state index is 13.1. The summed E-state index contributed by atoms with van der Waals surface area (Å²) >= 11 is 0. The number of pyridine rings is 1. The Morgan fingerprint density at radius 3 is 2.39 bits per heavy atom. The molecule has 0 radical (unpaired) electrons. The van der Waals surface area contributed by atoms with Gasteiger partial charge in [-0.3, -0.25) is 14.6 Å². The molecule has 0 saturated carbocycles. The second-order valence-corrected chi connectivity index (χ2v) is 10.3. The number of likely N-dealkylation sites (tertiary alicyclic amines) is 1. The Hall–Kier alpha value is -2.85.